The van der Waals surface area contributed by atoms with E-state index in [4.69, 9.17) is 10.8 Å². The molecular weight excluding hydrogens is 194 g/mol. The molecule has 1 aromatic rings. The predicted molar refractivity (Wildman–Crippen MR) is 57.3 cm³/mol. The molecule has 0 saturated carbocycles. The first kappa shape index (κ1) is 11.5. The number of pyridine rings is 1. The van der Waals surface area contributed by atoms with Gasteiger partial charge in [-0.05, 0) is 18.6 Å². The van der Waals surface area contributed by atoms with Gasteiger partial charge >= 0.3 is 0 Å². The standard InChI is InChI=1S/C10H15N3O2/c1-2-8(6-14)13-10(15)9-4-3-7(11)5-12-9/h3-5,8,14H,2,6,11H2,1H3,(H,13,15)/t8-/m0/s1. The average molecular weight is 209 g/mol. The second kappa shape index (κ2) is 5.31. The van der Waals surface area contributed by atoms with Crippen LogP contribution in [-0.4, -0.2) is 28.6 Å². The number of carbonyl (C=O) groups is 1. The third kappa shape index (κ3) is 3.21. The van der Waals surface area contributed by atoms with E-state index in [0.717, 1.165) is 0 Å². The minimum atomic E-state index is -0.295. The van der Waals surface area contributed by atoms with Gasteiger partial charge in [0.15, 0.2) is 0 Å². The molecule has 0 unspecified atom stereocenters. The summed E-state index contributed by atoms with van der Waals surface area (Å²) in [5.74, 6) is -0.295. The van der Waals surface area contributed by atoms with Gasteiger partial charge in [-0.25, -0.2) is 4.98 Å². The minimum absolute atomic E-state index is 0.0722. The van der Waals surface area contributed by atoms with Gasteiger partial charge in [0.2, 0.25) is 0 Å². The molecule has 0 fully saturated rings. The highest BCUT2D eigenvalue weighted by Gasteiger charge is 2.11. The Balaban J connectivity index is 2.64. The Morgan fingerprint density at radius 1 is 1.67 bits per heavy atom. The third-order valence-corrected chi connectivity index (χ3v) is 2.07. The molecule has 15 heavy (non-hydrogen) atoms. The van der Waals surface area contributed by atoms with Crippen LogP contribution < -0.4 is 11.1 Å². The van der Waals surface area contributed by atoms with Crippen molar-refractivity contribution in [3.05, 3.63) is 24.0 Å². The van der Waals surface area contributed by atoms with Crippen LogP contribution in [0.15, 0.2) is 18.3 Å². The fourth-order valence-electron chi connectivity index (χ4n) is 1.08. The number of nitrogens with one attached hydrogen (secondary N) is 1. The van der Waals surface area contributed by atoms with Crippen LogP contribution in [0.3, 0.4) is 0 Å². The molecule has 0 bridgehead atoms. The molecule has 1 aromatic heterocycles. The summed E-state index contributed by atoms with van der Waals surface area (Å²) in [6.45, 7) is 1.81. The van der Waals surface area contributed by atoms with Crippen molar-refractivity contribution in [3.8, 4) is 0 Å². The first-order chi connectivity index (χ1) is 7.17. The van der Waals surface area contributed by atoms with Crippen LogP contribution in [0.4, 0.5) is 5.69 Å². The Morgan fingerprint density at radius 3 is 2.87 bits per heavy atom. The number of aliphatic hydroxyl groups excluding tert-OH is 1. The minimum Gasteiger partial charge on any atom is -0.397 e. The molecule has 1 rings (SSSR count). The number of amides is 1. The lowest BCUT2D eigenvalue weighted by Gasteiger charge is -2.13. The molecule has 0 aliphatic heterocycles. The van der Waals surface area contributed by atoms with Crippen molar-refractivity contribution >= 4 is 11.6 Å². The fraction of sp³-hybridized carbons (Fsp3) is 0.400. The quantitative estimate of drug-likeness (QED) is 0.659. The maximum Gasteiger partial charge on any atom is 0.270 e. The van der Waals surface area contributed by atoms with E-state index in [1.807, 2.05) is 6.92 Å². The summed E-state index contributed by atoms with van der Waals surface area (Å²) < 4.78 is 0. The Morgan fingerprint density at radius 2 is 2.40 bits per heavy atom. The van der Waals surface area contributed by atoms with E-state index in [1.165, 1.54) is 6.20 Å². The van der Waals surface area contributed by atoms with E-state index in [2.05, 4.69) is 10.3 Å². The molecular formula is C10H15N3O2. The number of rotatable bonds is 4. The van der Waals surface area contributed by atoms with Crippen LogP contribution in [0.2, 0.25) is 0 Å². The molecule has 1 heterocycles. The van der Waals surface area contributed by atoms with Gasteiger partial charge in [-0.3, -0.25) is 4.79 Å². The van der Waals surface area contributed by atoms with Crippen LogP contribution >= 0.6 is 0 Å². The van der Waals surface area contributed by atoms with E-state index < -0.39 is 0 Å². The lowest BCUT2D eigenvalue weighted by Crippen LogP contribution is -2.37. The zero-order chi connectivity index (χ0) is 11.3. The monoisotopic (exact) mass is 209 g/mol. The molecule has 82 valence electrons. The number of hydrogen-bond donors (Lipinski definition) is 3. The van der Waals surface area contributed by atoms with Crippen LogP contribution in [0, 0.1) is 0 Å². The first-order valence-electron chi connectivity index (χ1n) is 4.80. The van der Waals surface area contributed by atoms with E-state index in [1.54, 1.807) is 12.1 Å². The summed E-state index contributed by atoms with van der Waals surface area (Å²) >= 11 is 0. The van der Waals surface area contributed by atoms with Crippen molar-refractivity contribution in [2.24, 2.45) is 0 Å². The van der Waals surface area contributed by atoms with Crippen molar-refractivity contribution in [3.63, 3.8) is 0 Å². The first-order valence-corrected chi connectivity index (χ1v) is 4.80. The molecule has 4 N–H and O–H groups in total. The Kier molecular flexibility index (Phi) is 4.05. The van der Waals surface area contributed by atoms with Crippen molar-refractivity contribution < 1.29 is 9.90 Å². The summed E-state index contributed by atoms with van der Waals surface area (Å²) in [6.07, 6.45) is 2.10. The highest BCUT2D eigenvalue weighted by Crippen LogP contribution is 2.01. The number of carbonyl (C=O) groups excluding carboxylic acids is 1. The van der Waals surface area contributed by atoms with Crippen LogP contribution in [0.5, 0.6) is 0 Å². The second-order valence-corrected chi connectivity index (χ2v) is 3.24. The van der Waals surface area contributed by atoms with E-state index in [9.17, 15) is 4.79 Å². The van der Waals surface area contributed by atoms with Gasteiger partial charge in [-0.1, -0.05) is 6.92 Å². The van der Waals surface area contributed by atoms with Crippen LogP contribution in [0.25, 0.3) is 0 Å². The summed E-state index contributed by atoms with van der Waals surface area (Å²) in [5.41, 5.74) is 6.26. The zero-order valence-corrected chi connectivity index (χ0v) is 8.60. The summed E-state index contributed by atoms with van der Waals surface area (Å²) in [4.78, 5) is 15.4. The Hall–Kier alpha value is -1.62. The smallest absolute Gasteiger partial charge is 0.270 e. The van der Waals surface area contributed by atoms with Crippen molar-refractivity contribution in [2.75, 3.05) is 12.3 Å². The normalized spacial score (nSPS) is 12.1. The molecule has 0 aliphatic carbocycles. The van der Waals surface area contributed by atoms with Gasteiger partial charge in [0, 0.05) is 0 Å². The van der Waals surface area contributed by atoms with E-state index in [0.29, 0.717) is 17.8 Å². The van der Waals surface area contributed by atoms with Crippen molar-refractivity contribution in [1.29, 1.82) is 0 Å². The van der Waals surface area contributed by atoms with Crippen molar-refractivity contribution in [2.45, 2.75) is 19.4 Å². The number of aromatic nitrogens is 1. The maximum atomic E-state index is 11.6. The maximum absolute atomic E-state index is 11.6. The van der Waals surface area contributed by atoms with Gasteiger partial charge in [0.05, 0.1) is 24.5 Å². The predicted octanol–water partition coefficient (Wildman–Crippen LogP) is 0.164. The van der Waals surface area contributed by atoms with Gasteiger partial charge in [-0.2, -0.15) is 0 Å². The van der Waals surface area contributed by atoms with E-state index >= 15 is 0 Å². The van der Waals surface area contributed by atoms with Crippen LogP contribution in [0.1, 0.15) is 23.8 Å². The molecule has 5 heteroatoms. The molecule has 0 spiro atoms. The third-order valence-electron chi connectivity index (χ3n) is 2.07. The number of nitrogens with two attached hydrogens (primary N) is 1. The summed E-state index contributed by atoms with van der Waals surface area (Å²) in [7, 11) is 0. The van der Waals surface area contributed by atoms with Gasteiger partial charge in [-0.15, -0.1) is 0 Å². The zero-order valence-electron chi connectivity index (χ0n) is 8.60. The van der Waals surface area contributed by atoms with Crippen molar-refractivity contribution in [1.82, 2.24) is 10.3 Å². The molecule has 0 aromatic carbocycles. The number of anilines is 1. The summed E-state index contributed by atoms with van der Waals surface area (Å²) in [6, 6.07) is 2.94. The van der Waals surface area contributed by atoms with Crippen LogP contribution in [-0.2, 0) is 0 Å². The SMILES string of the molecule is CC[C@@H](CO)NC(=O)c1ccc(N)cn1. The number of aliphatic hydroxyl groups is 1. The molecule has 1 atom stereocenters. The van der Waals surface area contributed by atoms with Gasteiger partial charge < -0.3 is 16.2 Å². The van der Waals surface area contributed by atoms with Gasteiger partial charge in [0.1, 0.15) is 5.69 Å². The molecule has 0 aliphatic rings. The topological polar surface area (TPSA) is 88.2 Å². The van der Waals surface area contributed by atoms with Gasteiger partial charge in [0.25, 0.3) is 5.91 Å². The molecule has 0 radical (unpaired) electrons. The highest BCUT2D eigenvalue weighted by molar-refractivity contribution is 5.92. The lowest BCUT2D eigenvalue weighted by molar-refractivity contribution is 0.0910. The molecule has 5 nitrogen and oxygen atoms in total. The lowest BCUT2D eigenvalue weighted by atomic mass is 10.2. The number of nitrogens with zero attached hydrogens (tertiary/aromatic N) is 1. The molecule has 0 saturated heterocycles. The highest BCUT2D eigenvalue weighted by atomic mass is 16.3. The number of hydrogen-bond acceptors (Lipinski definition) is 4. The largest absolute Gasteiger partial charge is 0.397 e. The average Bonchev–Trinajstić information content (AvgIpc) is 2.26. The van der Waals surface area contributed by atoms with E-state index in [-0.39, 0.29) is 18.6 Å². The molecule has 1 amide bonds. The Labute approximate surface area is 88.3 Å². The number of nitrogen functional groups attached to an aromatic ring is 1. The summed E-state index contributed by atoms with van der Waals surface area (Å²) in [5, 5.41) is 11.6. The second-order valence-electron chi connectivity index (χ2n) is 3.24. The Bertz CT molecular complexity index is 320. The fourth-order valence-corrected chi connectivity index (χ4v) is 1.08.